The number of fused-ring (bicyclic) bond motifs is 1. The topological polar surface area (TPSA) is 90.4 Å². The largest absolute Gasteiger partial charge is 0.487 e. The van der Waals surface area contributed by atoms with Crippen molar-refractivity contribution in [2.75, 3.05) is 47.4 Å². The van der Waals surface area contributed by atoms with Crippen LogP contribution in [0.5, 0.6) is 5.75 Å². The molecule has 0 saturated heterocycles. The summed E-state index contributed by atoms with van der Waals surface area (Å²) in [4.78, 5) is 16.1. The van der Waals surface area contributed by atoms with Gasteiger partial charge in [-0.15, -0.1) is 0 Å². The number of hydrogen-bond acceptors (Lipinski definition) is 6. The molecule has 1 aromatic carbocycles. The Kier molecular flexibility index (Phi) is 8.21. The predicted octanol–water partition coefficient (Wildman–Crippen LogP) is 2.04. The van der Waals surface area contributed by atoms with Crippen molar-refractivity contribution >= 4 is 21.5 Å². The lowest BCUT2D eigenvalue weighted by Gasteiger charge is -2.37. The molecule has 8 nitrogen and oxygen atoms in total. The van der Waals surface area contributed by atoms with Crippen LogP contribution in [0.4, 0.5) is 0 Å². The minimum absolute atomic E-state index is 0.0313. The Labute approximate surface area is 197 Å². The van der Waals surface area contributed by atoms with Gasteiger partial charge in [-0.2, -0.15) is 4.31 Å². The first-order valence-electron chi connectivity index (χ1n) is 11.6. The lowest BCUT2D eigenvalue weighted by atomic mass is 10.0. The van der Waals surface area contributed by atoms with Gasteiger partial charge in [-0.1, -0.05) is 19.1 Å². The highest BCUT2D eigenvalue weighted by atomic mass is 32.2. The third kappa shape index (κ3) is 5.77. The number of aliphatic hydroxyl groups is 1. The highest BCUT2D eigenvalue weighted by molar-refractivity contribution is 7.89. The van der Waals surface area contributed by atoms with Crippen LogP contribution >= 0.6 is 0 Å². The van der Waals surface area contributed by atoms with Crippen LogP contribution in [0.25, 0.3) is 5.57 Å². The van der Waals surface area contributed by atoms with E-state index in [2.05, 4.69) is 6.08 Å². The molecule has 0 unspecified atom stereocenters. The van der Waals surface area contributed by atoms with E-state index in [-0.39, 0.29) is 36.4 Å². The van der Waals surface area contributed by atoms with E-state index in [0.717, 1.165) is 24.8 Å². The van der Waals surface area contributed by atoms with Crippen molar-refractivity contribution in [2.24, 2.45) is 5.92 Å². The second-order valence-electron chi connectivity index (χ2n) is 9.54. The van der Waals surface area contributed by atoms with Crippen molar-refractivity contribution in [1.29, 1.82) is 0 Å². The van der Waals surface area contributed by atoms with E-state index in [9.17, 15) is 18.3 Å². The maximum absolute atomic E-state index is 13.6. The Hall–Kier alpha value is -1.94. The van der Waals surface area contributed by atoms with Crippen LogP contribution in [0, 0.1) is 5.92 Å². The van der Waals surface area contributed by atoms with Crippen LogP contribution in [-0.2, 0) is 14.8 Å². The molecule has 1 amide bonds. The summed E-state index contributed by atoms with van der Waals surface area (Å²) in [6, 6.07) is 4.70. The summed E-state index contributed by atoms with van der Waals surface area (Å²) >= 11 is 0. The molecule has 1 aliphatic carbocycles. The normalized spacial score (nSPS) is 23.8. The predicted molar refractivity (Wildman–Crippen MR) is 128 cm³/mol. The number of allylic oxidation sites excluding steroid dienone is 2. The van der Waals surface area contributed by atoms with E-state index in [1.165, 1.54) is 9.88 Å². The molecule has 0 bridgehead atoms. The monoisotopic (exact) mass is 479 g/mol. The smallest absolute Gasteiger partial charge is 0.247 e. The highest BCUT2D eigenvalue weighted by Gasteiger charge is 2.38. The van der Waals surface area contributed by atoms with Gasteiger partial charge in [0, 0.05) is 25.6 Å². The van der Waals surface area contributed by atoms with Gasteiger partial charge < -0.3 is 19.6 Å². The summed E-state index contributed by atoms with van der Waals surface area (Å²) in [5.74, 6) is 0.0717. The Morgan fingerprint density at radius 1 is 1.30 bits per heavy atom. The van der Waals surface area contributed by atoms with E-state index in [1.54, 1.807) is 24.9 Å². The molecule has 33 heavy (non-hydrogen) atoms. The number of likely N-dealkylation sites (N-methyl/N-ethyl adjacent to an activating group) is 2. The number of sulfonamides is 1. The quantitative estimate of drug-likeness (QED) is 0.644. The molecule has 2 aliphatic rings. The number of carbonyl (C=O) groups excluding carboxylic acids is 1. The number of rotatable bonds is 7. The van der Waals surface area contributed by atoms with Crippen LogP contribution in [0.2, 0.25) is 0 Å². The number of amides is 1. The lowest BCUT2D eigenvalue weighted by molar-refractivity contribution is -0.132. The van der Waals surface area contributed by atoms with Gasteiger partial charge in [-0.05, 0) is 63.6 Å². The van der Waals surface area contributed by atoms with Gasteiger partial charge in [0.1, 0.15) is 16.7 Å². The summed E-state index contributed by atoms with van der Waals surface area (Å²) in [6.45, 7) is 4.16. The van der Waals surface area contributed by atoms with Crippen molar-refractivity contribution < 1.29 is 23.1 Å². The average Bonchev–Trinajstić information content (AvgIpc) is 3.29. The highest BCUT2D eigenvalue weighted by Crippen LogP contribution is 2.37. The number of hydrogen-bond donors (Lipinski definition) is 1. The van der Waals surface area contributed by atoms with Gasteiger partial charge in [-0.3, -0.25) is 4.79 Å². The molecule has 184 valence electrons. The average molecular weight is 480 g/mol. The third-order valence-corrected chi connectivity index (χ3v) is 8.43. The molecule has 0 fully saturated rings. The molecule has 9 heteroatoms. The first-order chi connectivity index (χ1) is 15.5. The molecule has 0 radical (unpaired) electrons. The van der Waals surface area contributed by atoms with E-state index in [4.69, 9.17) is 4.74 Å². The number of nitrogens with zero attached hydrogens (tertiary/aromatic N) is 3. The molecule has 1 N–H and O–H groups in total. The summed E-state index contributed by atoms with van der Waals surface area (Å²) in [7, 11) is 1.56. The zero-order valence-electron chi connectivity index (χ0n) is 20.3. The van der Waals surface area contributed by atoms with Gasteiger partial charge in [0.25, 0.3) is 0 Å². The van der Waals surface area contributed by atoms with Crippen molar-refractivity contribution in [2.45, 2.75) is 50.2 Å². The fraction of sp³-hybridized carbons (Fsp3) is 0.625. The second-order valence-corrected chi connectivity index (χ2v) is 11.4. The number of ether oxygens (including phenoxy) is 1. The van der Waals surface area contributed by atoms with Crippen molar-refractivity contribution in [3.63, 3.8) is 0 Å². The summed E-state index contributed by atoms with van der Waals surface area (Å²) in [5, 5.41) is 9.77. The SMILES string of the molecule is C[C@@H]1CN([C@@H](C)CO)S(=O)(=O)c2ccc(C3=CCCC3)cc2O[C@H]1CN(C)C(=O)CN(C)C. The third-order valence-electron chi connectivity index (χ3n) is 6.41. The molecule has 0 aromatic heterocycles. The van der Waals surface area contributed by atoms with E-state index in [0.29, 0.717) is 12.3 Å². The van der Waals surface area contributed by atoms with Crippen molar-refractivity contribution in [3.05, 3.63) is 29.8 Å². The molecule has 1 heterocycles. The molecule has 1 aliphatic heterocycles. The van der Waals surface area contributed by atoms with Crippen LogP contribution in [-0.4, -0.2) is 93.1 Å². The zero-order valence-corrected chi connectivity index (χ0v) is 21.1. The molecule has 3 rings (SSSR count). The number of carbonyl (C=O) groups is 1. The Morgan fingerprint density at radius 2 is 2.03 bits per heavy atom. The van der Waals surface area contributed by atoms with E-state index < -0.39 is 22.2 Å². The maximum atomic E-state index is 13.6. The van der Waals surface area contributed by atoms with Gasteiger partial charge in [0.2, 0.25) is 15.9 Å². The second kappa shape index (κ2) is 10.5. The Morgan fingerprint density at radius 3 is 2.64 bits per heavy atom. The zero-order chi connectivity index (χ0) is 24.3. The summed E-state index contributed by atoms with van der Waals surface area (Å²) in [6.07, 6.45) is 4.85. The van der Waals surface area contributed by atoms with Crippen LogP contribution < -0.4 is 4.74 Å². The number of benzene rings is 1. The minimum atomic E-state index is -3.87. The van der Waals surface area contributed by atoms with Crippen LogP contribution in [0.3, 0.4) is 0 Å². The Bertz CT molecular complexity index is 992. The fourth-order valence-electron chi connectivity index (χ4n) is 4.34. The fourth-order valence-corrected chi connectivity index (χ4v) is 6.17. The summed E-state index contributed by atoms with van der Waals surface area (Å²) < 4.78 is 34.9. The first-order valence-corrected chi connectivity index (χ1v) is 13.0. The summed E-state index contributed by atoms with van der Waals surface area (Å²) in [5.41, 5.74) is 2.16. The van der Waals surface area contributed by atoms with Crippen LogP contribution in [0.1, 0.15) is 38.7 Å². The lowest BCUT2D eigenvalue weighted by Crippen LogP contribution is -2.50. The van der Waals surface area contributed by atoms with Crippen LogP contribution in [0.15, 0.2) is 29.2 Å². The van der Waals surface area contributed by atoms with Crippen molar-refractivity contribution in [3.8, 4) is 5.75 Å². The van der Waals surface area contributed by atoms with E-state index >= 15 is 0 Å². The van der Waals surface area contributed by atoms with Gasteiger partial charge >= 0.3 is 0 Å². The molecule has 3 atom stereocenters. The van der Waals surface area contributed by atoms with Crippen molar-refractivity contribution in [1.82, 2.24) is 14.1 Å². The first kappa shape index (κ1) is 25.7. The molecule has 0 saturated carbocycles. The standard InChI is InChI=1S/C24H37N3O5S/c1-17-13-27(18(2)16-28)33(30,31)23-11-10-20(19-8-6-7-9-19)12-21(23)32-22(17)14-26(5)24(29)15-25(3)4/h8,10-12,17-18,22,28H,6-7,9,13-16H2,1-5H3/t17-,18+,22+/m1/s1. The minimum Gasteiger partial charge on any atom is -0.487 e. The molecule has 1 aromatic rings. The molecule has 0 spiro atoms. The maximum Gasteiger partial charge on any atom is 0.247 e. The van der Waals surface area contributed by atoms with E-state index in [1.807, 2.05) is 38.1 Å². The molecular weight excluding hydrogens is 442 g/mol. The van der Waals surface area contributed by atoms with Gasteiger partial charge in [0.05, 0.1) is 19.7 Å². The Balaban J connectivity index is 2.02. The molecular formula is C24H37N3O5S. The van der Waals surface area contributed by atoms with Gasteiger partial charge in [0.15, 0.2) is 0 Å². The number of aliphatic hydroxyl groups excluding tert-OH is 1. The van der Waals surface area contributed by atoms with Gasteiger partial charge in [-0.25, -0.2) is 8.42 Å².